The molecule has 1 amide bonds. The number of carbonyl (C=O) groups excluding carboxylic acids is 1. The molecule has 0 saturated carbocycles. The number of anilines is 1. The van der Waals surface area contributed by atoms with Gasteiger partial charge < -0.3 is 9.73 Å². The summed E-state index contributed by atoms with van der Waals surface area (Å²) in [5.41, 5.74) is 0.619. The van der Waals surface area contributed by atoms with Gasteiger partial charge in [-0.3, -0.25) is 4.79 Å². The number of hydrogen-bond acceptors (Lipinski definition) is 4. The largest absolute Gasteiger partial charge is 0.412 e. The lowest BCUT2D eigenvalue weighted by molar-refractivity contribution is 0.0991. The Morgan fingerprint density at radius 2 is 1.91 bits per heavy atom. The van der Waals surface area contributed by atoms with E-state index in [0.29, 0.717) is 10.6 Å². The molecule has 0 aliphatic carbocycles. The molecule has 0 bridgehead atoms. The number of aromatic nitrogens is 2. The molecule has 0 radical (unpaired) electrons. The van der Waals surface area contributed by atoms with E-state index >= 15 is 0 Å². The molecule has 8 heteroatoms. The minimum absolute atomic E-state index is 0.0661. The molecule has 0 atom stereocenters. The number of carbonyl (C=O) groups is 1. The summed E-state index contributed by atoms with van der Waals surface area (Å²) in [4.78, 5) is 12.0. The van der Waals surface area contributed by atoms with E-state index in [2.05, 4.69) is 15.5 Å². The van der Waals surface area contributed by atoms with Gasteiger partial charge in [0, 0.05) is 22.3 Å². The smallest absolute Gasteiger partial charge is 0.313 e. The molecule has 2 aromatic carbocycles. The Bertz CT molecular complexity index is 883. The van der Waals surface area contributed by atoms with Crippen LogP contribution in [-0.2, 0) is 0 Å². The van der Waals surface area contributed by atoms with E-state index in [1.807, 2.05) is 0 Å². The highest BCUT2D eigenvalue weighted by Gasteiger charge is 2.17. The molecule has 23 heavy (non-hydrogen) atoms. The second-order valence-electron chi connectivity index (χ2n) is 4.51. The highest BCUT2D eigenvalue weighted by atomic mass is 35.5. The van der Waals surface area contributed by atoms with Crippen LogP contribution in [0, 0.1) is 11.6 Å². The Balaban J connectivity index is 1.79. The third-order valence-corrected chi connectivity index (χ3v) is 3.10. The average Bonchev–Trinajstić information content (AvgIpc) is 3.01. The number of rotatable bonds is 3. The molecule has 116 valence electrons. The zero-order chi connectivity index (χ0) is 16.4. The van der Waals surface area contributed by atoms with Crippen molar-refractivity contribution in [3.05, 3.63) is 65.0 Å². The lowest BCUT2D eigenvalue weighted by atomic mass is 10.2. The van der Waals surface area contributed by atoms with Crippen molar-refractivity contribution in [3.8, 4) is 11.5 Å². The van der Waals surface area contributed by atoms with E-state index in [1.54, 1.807) is 24.3 Å². The summed E-state index contributed by atoms with van der Waals surface area (Å²) >= 11 is 5.86. The van der Waals surface area contributed by atoms with Gasteiger partial charge in [0.1, 0.15) is 0 Å². The van der Waals surface area contributed by atoms with E-state index in [1.165, 1.54) is 6.07 Å². The van der Waals surface area contributed by atoms with Crippen LogP contribution in [0.3, 0.4) is 0 Å². The van der Waals surface area contributed by atoms with Gasteiger partial charge >= 0.3 is 11.8 Å². The molecule has 3 aromatic rings. The third-order valence-electron chi connectivity index (χ3n) is 2.87. The molecule has 0 spiro atoms. The van der Waals surface area contributed by atoms with Crippen LogP contribution in [0.15, 0.2) is 46.9 Å². The zero-order valence-electron chi connectivity index (χ0n) is 11.4. The molecule has 0 fully saturated rings. The Morgan fingerprint density at radius 1 is 1.09 bits per heavy atom. The van der Waals surface area contributed by atoms with Gasteiger partial charge in [0.05, 0.1) is 0 Å². The van der Waals surface area contributed by atoms with Crippen molar-refractivity contribution in [2.75, 3.05) is 5.32 Å². The summed E-state index contributed by atoms with van der Waals surface area (Å²) in [5.74, 6) is -3.03. The first-order chi connectivity index (χ1) is 11.0. The van der Waals surface area contributed by atoms with Gasteiger partial charge in [0.15, 0.2) is 11.6 Å². The second-order valence-corrected chi connectivity index (χ2v) is 4.94. The standard InChI is InChI=1S/C15H8ClF2N3O2/c16-9-3-1-2-8(6-9)14-20-21-15(23-14)13(22)19-10-4-5-11(17)12(18)7-10/h1-7H,(H,19,22). The number of nitrogens with one attached hydrogen (secondary N) is 1. The van der Waals surface area contributed by atoms with Crippen LogP contribution < -0.4 is 5.32 Å². The van der Waals surface area contributed by atoms with Gasteiger partial charge in [-0.25, -0.2) is 8.78 Å². The molecule has 1 heterocycles. The fraction of sp³-hybridized carbons (Fsp3) is 0. The van der Waals surface area contributed by atoms with Crippen LogP contribution in [0.1, 0.15) is 10.7 Å². The first-order valence-corrected chi connectivity index (χ1v) is 6.76. The molecule has 0 unspecified atom stereocenters. The number of benzene rings is 2. The highest BCUT2D eigenvalue weighted by molar-refractivity contribution is 6.30. The Labute approximate surface area is 133 Å². The topological polar surface area (TPSA) is 68.0 Å². The molecule has 3 rings (SSSR count). The molecule has 5 nitrogen and oxygen atoms in total. The predicted molar refractivity (Wildman–Crippen MR) is 79.1 cm³/mol. The van der Waals surface area contributed by atoms with Crippen LogP contribution in [-0.4, -0.2) is 16.1 Å². The SMILES string of the molecule is O=C(Nc1ccc(F)c(F)c1)c1nnc(-c2cccc(Cl)c2)o1. The van der Waals surface area contributed by atoms with Crippen molar-refractivity contribution < 1.29 is 18.0 Å². The maximum Gasteiger partial charge on any atom is 0.313 e. The molecule has 0 aliphatic heterocycles. The summed E-state index contributed by atoms with van der Waals surface area (Å²) < 4.78 is 31.2. The van der Waals surface area contributed by atoms with Crippen LogP contribution >= 0.6 is 11.6 Å². The highest BCUT2D eigenvalue weighted by Crippen LogP contribution is 2.22. The van der Waals surface area contributed by atoms with E-state index in [-0.39, 0.29) is 17.5 Å². The van der Waals surface area contributed by atoms with Gasteiger partial charge in [0.25, 0.3) is 0 Å². The van der Waals surface area contributed by atoms with Gasteiger partial charge in [-0.05, 0) is 30.3 Å². The first-order valence-electron chi connectivity index (χ1n) is 6.39. The number of amides is 1. The van der Waals surface area contributed by atoms with Crippen LogP contribution in [0.4, 0.5) is 14.5 Å². The van der Waals surface area contributed by atoms with Gasteiger partial charge in [-0.1, -0.05) is 17.7 Å². The quantitative estimate of drug-likeness (QED) is 0.787. The average molecular weight is 336 g/mol. The molecule has 0 saturated heterocycles. The van der Waals surface area contributed by atoms with Crippen molar-refractivity contribution in [3.63, 3.8) is 0 Å². The lowest BCUT2D eigenvalue weighted by Crippen LogP contribution is -2.12. The third kappa shape index (κ3) is 3.35. The number of nitrogens with zero attached hydrogens (tertiary/aromatic N) is 2. The van der Waals surface area contributed by atoms with Crippen molar-refractivity contribution in [1.29, 1.82) is 0 Å². The summed E-state index contributed by atoms with van der Waals surface area (Å²) in [7, 11) is 0. The van der Waals surface area contributed by atoms with E-state index in [9.17, 15) is 13.6 Å². The minimum Gasteiger partial charge on any atom is -0.412 e. The monoisotopic (exact) mass is 335 g/mol. The number of hydrogen-bond donors (Lipinski definition) is 1. The maximum absolute atomic E-state index is 13.1. The summed E-state index contributed by atoms with van der Waals surface area (Å²) in [6.45, 7) is 0. The van der Waals surface area contributed by atoms with Gasteiger partial charge in [-0.15, -0.1) is 10.2 Å². The van der Waals surface area contributed by atoms with Crippen LogP contribution in [0.5, 0.6) is 0 Å². The van der Waals surface area contributed by atoms with E-state index in [4.69, 9.17) is 16.0 Å². The first kappa shape index (κ1) is 15.1. The minimum atomic E-state index is -1.08. The fourth-order valence-corrected chi connectivity index (χ4v) is 2.00. The van der Waals surface area contributed by atoms with E-state index in [0.717, 1.165) is 12.1 Å². The van der Waals surface area contributed by atoms with Crippen LogP contribution in [0.25, 0.3) is 11.5 Å². The zero-order valence-corrected chi connectivity index (χ0v) is 12.1. The van der Waals surface area contributed by atoms with Gasteiger partial charge in [0.2, 0.25) is 5.89 Å². The molecular formula is C15H8ClF2N3O2. The molecular weight excluding hydrogens is 328 g/mol. The van der Waals surface area contributed by atoms with Gasteiger partial charge in [-0.2, -0.15) is 0 Å². The molecule has 1 N–H and O–H groups in total. The summed E-state index contributed by atoms with van der Waals surface area (Å²) in [5, 5.41) is 10.2. The summed E-state index contributed by atoms with van der Waals surface area (Å²) in [6, 6.07) is 9.63. The Morgan fingerprint density at radius 3 is 2.65 bits per heavy atom. The predicted octanol–water partition coefficient (Wildman–Crippen LogP) is 3.92. The Hall–Kier alpha value is -2.80. The normalized spacial score (nSPS) is 10.6. The van der Waals surface area contributed by atoms with Crippen molar-refractivity contribution in [2.24, 2.45) is 0 Å². The maximum atomic E-state index is 13.1. The number of halogens is 3. The second kappa shape index (κ2) is 6.13. The fourth-order valence-electron chi connectivity index (χ4n) is 1.81. The molecule has 1 aromatic heterocycles. The van der Waals surface area contributed by atoms with Crippen molar-refractivity contribution in [1.82, 2.24) is 10.2 Å². The van der Waals surface area contributed by atoms with E-state index < -0.39 is 17.5 Å². The Kier molecular flexibility index (Phi) is 4.03. The molecule has 0 aliphatic rings. The van der Waals surface area contributed by atoms with Crippen molar-refractivity contribution >= 4 is 23.2 Å². The lowest BCUT2D eigenvalue weighted by Gasteiger charge is -2.02. The van der Waals surface area contributed by atoms with Crippen LogP contribution in [0.2, 0.25) is 5.02 Å². The summed E-state index contributed by atoms with van der Waals surface area (Å²) in [6.07, 6.45) is 0. The van der Waals surface area contributed by atoms with Crippen molar-refractivity contribution in [2.45, 2.75) is 0 Å².